The van der Waals surface area contributed by atoms with Crippen molar-refractivity contribution in [3.63, 3.8) is 0 Å². The molecular weight excluding hydrogens is 184 g/mol. The number of hydrogen-bond donors (Lipinski definition) is 1. The van der Waals surface area contributed by atoms with Gasteiger partial charge in [-0.1, -0.05) is 5.21 Å². The van der Waals surface area contributed by atoms with Crippen molar-refractivity contribution in [2.45, 2.75) is 19.5 Å². The van der Waals surface area contributed by atoms with Gasteiger partial charge in [0.05, 0.1) is 12.8 Å². The summed E-state index contributed by atoms with van der Waals surface area (Å²) < 4.78 is 6.17. The van der Waals surface area contributed by atoms with E-state index in [1.54, 1.807) is 24.9 Å². The molecule has 0 saturated heterocycles. The number of nitrogens with zero attached hydrogens (tertiary/aromatic N) is 3. The fourth-order valence-corrected chi connectivity index (χ4v) is 0.994. The van der Waals surface area contributed by atoms with Crippen molar-refractivity contribution in [3.8, 4) is 0 Å². The lowest BCUT2D eigenvalue weighted by Crippen LogP contribution is -2.34. The highest BCUT2D eigenvalue weighted by Gasteiger charge is 2.12. The Hall–Kier alpha value is -1.43. The van der Waals surface area contributed by atoms with Gasteiger partial charge in [0.25, 0.3) is 0 Å². The van der Waals surface area contributed by atoms with Crippen molar-refractivity contribution in [1.82, 2.24) is 20.3 Å². The number of ether oxygens (including phenoxy) is 1. The second-order valence-corrected chi connectivity index (χ2v) is 3.01. The normalized spacial score (nSPS) is 12.5. The van der Waals surface area contributed by atoms with E-state index in [0.717, 1.165) is 5.69 Å². The number of nitrogens with one attached hydrogen (secondary N) is 1. The molecule has 0 fully saturated rings. The van der Waals surface area contributed by atoms with E-state index in [1.165, 1.54) is 7.11 Å². The molecule has 1 rings (SSSR count). The molecule has 0 aromatic carbocycles. The molecule has 0 aliphatic carbocycles. The monoisotopic (exact) mass is 198 g/mol. The predicted molar refractivity (Wildman–Crippen MR) is 49.3 cm³/mol. The van der Waals surface area contributed by atoms with E-state index in [9.17, 15) is 4.79 Å². The molecule has 6 heteroatoms. The summed E-state index contributed by atoms with van der Waals surface area (Å²) in [5.74, 6) is -0.283. The van der Waals surface area contributed by atoms with Crippen LogP contribution in [0, 0.1) is 0 Å². The van der Waals surface area contributed by atoms with Crippen LogP contribution < -0.4 is 5.32 Å². The van der Waals surface area contributed by atoms with Crippen LogP contribution in [0.1, 0.15) is 12.6 Å². The number of hydrogen-bond acceptors (Lipinski definition) is 5. The largest absolute Gasteiger partial charge is 0.468 e. The molecule has 0 radical (unpaired) electrons. The third kappa shape index (κ3) is 2.81. The molecule has 0 saturated carbocycles. The van der Waals surface area contributed by atoms with Gasteiger partial charge in [0.15, 0.2) is 0 Å². The fraction of sp³-hybridized carbons (Fsp3) is 0.625. The summed E-state index contributed by atoms with van der Waals surface area (Å²) in [5, 5.41) is 10.6. The summed E-state index contributed by atoms with van der Waals surface area (Å²) >= 11 is 0. The molecule has 1 heterocycles. The summed E-state index contributed by atoms with van der Waals surface area (Å²) in [7, 11) is 3.16. The fourth-order valence-electron chi connectivity index (χ4n) is 0.994. The molecule has 0 spiro atoms. The SMILES string of the molecule is COC(=O)[C@H](C)NCc1cn(C)nn1. The van der Waals surface area contributed by atoms with Crippen LogP contribution in [-0.4, -0.2) is 34.1 Å². The Morgan fingerprint density at radius 3 is 3.00 bits per heavy atom. The van der Waals surface area contributed by atoms with Crippen LogP contribution in [0.25, 0.3) is 0 Å². The topological polar surface area (TPSA) is 69.0 Å². The molecular formula is C8H14N4O2. The summed E-state index contributed by atoms with van der Waals surface area (Å²) in [6.45, 7) is 2.24. The Labute approximate surface area is 82.2 Å². The Kier molecular flexibility index (Phi) is 3.58. The third-order valence-electron chi connectivity index (χ3n) is 1.79. The Balaban J connectivity index is 2.37. The van der Waals surface area contributed by atoms with E-state index in [2.05, 4.69) is 20.4 Å². The molecule has 0 bridgehead atoms. The standard InChI is InChI=1S/C8H14N4O2/c1-6(8(13)14-3)9-4-7-5-12(2)11-10-7/h5-6,9H,4H2,1-3H3/t6-/m0/s1. The number of carbonyl (C=O) groups is 1. The van der Waals surface area contributed by atoms with E-state index >= 15 is 0 Å². The number of aryl methyl sites for hydroxylation is 1. The van der Waals surface area contributed by atoms with Gasteiger partial charge in [0.1, 0.15) is 6.04 Å². The first-order valence-electron chi connectivity index (χ1n) is 4.30. The first-order chi connectivity index (χ1) is 6.63. The maximum atomic E-state index is 11.0. The van der Waals surface area contributed by atoms with Gasteiger partial charge in [-0.3, -0.25) is 14.8 Å². The summed E-state index contributed by atoms with van der Waals surface area (Å²) in [5.41, 5.74) is 0.795. The lowest BCUT2D eigenvalue weighted by Gasteiger charge is -2.09. The van der Waals surface area contributed by atoms with Crippen molar-refractivity contribution < 1.29 is 9.53 Å². The van der Waals surface area contributed by atoms with Crippen molar-refractivity contribution >= 4 is 5.97 Å². The number of methoxy groups -OCH3 is 1. The van der Waals surface area contributed by atoms with Gasteiger partial charge in [-0.05, 0) is 6.92 Å². The molecule has 0 amide bonds. The number of carbonyl (C=O) groups excluding carboxylic acids is 1. The van der Waals surface area contributed by atoms with Crippen LogP contribution in [0.3, 0.4) is 0 Å². The molecule has 14 heavy (non-hydrogen) atoms. The van der Waals surface area contributed by atoms with Crippen molar-refractivity contribution in [3.05, 3.63) is 11.9 Å². The van der Waals surface area contributed by atoms with Crippen LogP contribution in [-0.2, 0) is 23.1 Å². The van der Waals surface area contributed by atoms with E-state index in [-0.39, 0.29) is 12.0 Å². The minimum absolute atomic E-state index is 0.283. The molecule has 0 aliphatic rings. The molecule has 0 aliphatic heterocycles. The van der Waals surface area contributed by atoms with Gasteiger partial charge < -0.3 is 4.74 Å². The second kappa shape index (κ2) is 4.71. The second-order valence-electron chi connectivity index (χ2n) is 3.01. The first kappa shape index (κ1) is 10.6. The quantitative estimate of drug-likeness (QED) is 0.658. The average molecular weight is 198 g/mol. The van der Waals surface area contributed by atoms with E-state index < -0.39 is 0 Å². The molecule has 1 aromatic rings. The molecule has 1 atom stereocenters. The van der Waals surface area contributed by atoms with Gasteiger partial charge in [0, 0.05) is 19.8 Å². The number of aromatic nitrogens is 3. The number of rotatable bonds is 4. The van der Waals surface area contributed by atoms with Crippen molar-refractivity contribution in [2.24, 2.45) is 7.05 Å². The van der Waals surface area contributed by atoms with Crippen LogP contribution in [0.4, 0.5) is 0 Å². The van der Waals surface area contributed by atoms with Crippen molar-refractivity contribution in [2.75, 3.05) is 7.11 Å². The molecule has 0 unspecified atom stereocenters. The minimum atomic E-state index is -0.331. The average Bonchev–Trinajstić information content (AvgIpc) is 2.59. The van der Waals surface area contributed by atoms with Gasteiger partial charge >= 0.3 is 5.97 Å². The van der Waals surface area contributed by atoms with E-state index in [0.29, 0.717) is 6.54 Å². The van der Waals surface area contributed by atoms with Gasteiger partial charge in [0.2, 0.25) is 0 Å². The smallest absolute Gasteiger partial charge is 0.322 e. The van der Waals surface area contributed by atoms with Crippen LogP contribution in [0.2, 0.25) is 0 Å². The van der Waals surface area contributed by atoms with E-state index in [1.807, 2.05) is 0 Å². The van der Waals surface area contributed by atoms with Gasteiger partial charge in [-0.2, -0.15) is 0 Å². The zero-order valence-electron chi connectivity index (χ0n) is 8.52. The summed E-state index contributed by atoms with van der Waals surface area (Å²) in [6, 6.07) is -0.331. The highest BCUT2D eigenvalue weighted by molar-refractivity contribution is 5.74. The maximum Gasteiger partial charge on any atom is 0.322 e. The minimum Gasteiger partial charge on any atom is -0.468 e. The zero-order chi connectivity index (χ0) is 10.6. The van der Waals surface area contributed by atoms with Crippen LogP contribution in [0.5, 0.6) is 0 Å². The van der Waals surface area contributed by atoms with Crippen LogP contribution in [0.15, 0.2) is 6.20 Å². The summed E-state index contributed by atoms with van der Waals surface area (Å²) in [6.07, 6.45) is 1.79. The molecule has 6 nitrogen and oxygen atoms in total. The maximum absolute atomic E-state index is 11.0. The van der Waals surface area contributed by atoms with Crippen LogP contribution >= 0.6 is 0 Å². The lowest BCUT2D eigenvalue weighted by molar-refractivity contribution is -0.142. The van der Waals surface area contributed by atoms with Crippen molar-refractivity contribution in [1.29, 1.82) is 0 Å². The first-order valence-corrected chi connectivity index (χ1v) is 4.30. The molecule has 1 N–H and O–H groups in total. The molecule has 78 valence electrons. The summed E-state index contributed by atoms with van der Waals surface area (Å²) in [4.78, 5) is 11.0. The van der Waals surface area contributed by atoms with Gasteiger partial charge in [-0.15, -0.1) is 5.10 Å². The number of esters is 1. The zero-order valence-corrected chi connectivity index (χ0v) is 8.52. The van der Waals surface area contributed by atoms with E-state index in [4.69, 9.17) is 0 Å². The predicted octanol–water partition coefficient (Wildman–Crippen LogP) is -0.534. The molecule has 1 aromatic heterocycles. The Bertz CT molecular complexity index is 310. The highest BCUT2D eigenvalue weighted by atomic mass is 16.5. The highest BCUT2D eigenvalue weighted by Crippen LogP contribution is 1.93. The Morgan fingerprint density at radius 2 is 2.50 bits per heavy atom. The lowest BCUT2D eigenvalue weighted by atomic mass is 10.3. The third-order valence-corrected chi connectivity index (χ3v) is 1.79. The Morgan fingerprint density at radius 1 is 1.79 bits per heavy atom. The van der Waals surface area contributed by atoms with Gasteiger partial charge in [-0.25, -0.2) is 0 Å².